The second-order valence-electron chi connectivity index (χ2n) is 4.52. The van der Waals surface area contributed by atoms with E-state index in [0.29, 0.717) is 16.8 Å². The van der Waals surface area contributed by atoms with Crippen molar-refractivity contribution in [3.63, 3.8) is 0 Å². The maximum atomic E-state index is 5.60. The van der Waals surface area contributed by atoms with Gasteiger partial charge in [0.25, 0.3) is 0 Å². The highest BCUT2D eigenvalue weighted by atomic mass is 79.9. The van der Waals surface area contributed by atoms with E-state index in [-0.39, 0.29) is 0 Å². The molecule has 3 atom stereocenters. The molecule has 0 spiro atoms. The molecule has 1 aliphatic rings. The highest BCUT2D eigenvalue weighted by Crippen LogP contribution is 2.30. The number of pyridine rings is 1. The van der Waals surface area contributed by atoms with Crippen LogP contribution in [0, 0.1) is 12.8 Å². The van der Waals surface area contributed by atoms with Crippen LogP contribution in [0.25, 0.3) is 0 Å². The molecule has 1 aromatic rings. The zero-order valence-electron chi connectivity index (χ0n) is 9.82. The Labute approximate surface area is 106 Å². The van der Waals surface area contributed by atoms with E-state index in [9.17, 15) is 0 Å². The minimum Gasteiger partial charge on any atom is -0.378 e. The normalized spacial score (nSPS) is 26.9. The second-order valence-corrected chi connectivity index (χ2v) is 5.69. The van der Waals surface area contributed by atoms with Crippen LogP contribution in [0.15, 0.2) is 18.3 Å². The van der Waals surface area contributed by atoms with Crippen molar-refractivity contribution in [1.29, 1.82) is 0 Å². The van der Waals surface area contributed by atoms with Gasteiger partial charge in [0.2, 0.25) is 0 Å². The fourth-order valence-corrected chi connectivity index (χ4v) is 3.29. The van der Waals surface area contributed by atoms with Gasteiger partial charge in [-0.3, -0.25) is 4.98 Å². The lowest BCUT2D eigenvalue weighted by molar-refractivity contribution is 0.105. The summed E-state index contributed by atoms with van der Waals surface area (Å²) in [6.07, 6.45) is 4.39. The zero-order chi connectivity index (χ0) is 11.5. The van der Waals surface area contributed by atoms with E-state index in [1.165, 1.54) is 11.3 Å². The molecule has 0 radical (unpaired) electrons. The van der Waals surface area contributed by atoms with Gasteiger partial charge in [-0.25, -0.2) is 0 Å². The molecule has 2 rings (SSSR count). The smallest absolute Gasteiger partial charge is 0.0586 e. The van der Waals surface area contributed by atoms with Crippen molar-refractivity contribution in [2.24, 2.45) is 5.92 Å². The van der Waals surface area contributed by atoms with Gasteiger partial charge in [-0.1, -0.05) is 22.0 Å². The summed E-state index contributed by atoms with van der Waals surface area (Å²) in [5.41, 5.74) is 2.47. The molecule has 2 heterocycles. The van der Waals surface area contributed by atoms with E-state index in [0.717, 1.165) is 19.4 Å². The largest absolute Gasteiger partial charge is 0.378 e. The molecule has 1 aromatic heterocycles. The minimum absolute atomic E-state index is 0.369. The number of halogens is 1. The van der Waals surface area contributed by atoms with Crippen molar-refractivity contribution < 1.29 is 4.74 Å². The van der Waals surface area contributed by atoms with Gasteiger partial charge < -0.3 is 4.74 Å². The van der Waals surface area contributed by atoms with E-state index < -0.39 is 0 Å². The van der Waals surface area contributed by atoms with Crippen molar-refractivity contribution in [3.8, 4) is 0 Å². The predicted octanol–water partition coefficient (Wildman–Crippen LogP) is 3.12. The zero-order valence-corrected chi connectivity index (χ0v) is 11.4. The van der Waals surface area contributed by atoms with Gasteiger partial charge in [-0.2, -0.15) is 0 Å². The number of hydrogen-bond donors (Lipinski definition) is 0. The summed E-state index contributed by atoms with van der Waals surface area (Å²) in [7, 11) is 0. The first-order valence-electron chi connectivity index (χ1n) is 5.84. The van der Waals surface area contributed by atoms with Gasteiger partial charge in [-0.05, 0) is 37.8 Å². The van der Waals surface area contributed by atoms with Gasteiger partial charge in [-0.15, -0.1) is 0 Å². The van der Waals surface area contributed by atoms with Crippen molar-refractivity contribution in [3.05, 3.63) is 29.6 Å². The third-order valence-corrected chi connectivity index (χ3v) is 4.41. The molecule has 0 aromatic carbocycles. The molecule has 0 N–H and O–H groups in total. The highest BCUT2D eigenvalue weighted by Gasteiger charge is 2.30. The summed E-state index contributed by atoms with van der Waals surface area (Å²) in [5.74, 6) is 0.612. The Morgan fingerprint density at radius 2 is 2.44 bits per heavy atom. The molecule has 1 aliphatic heterocycles. The summed E-state index contributed by atoms with van der Waals surface area (Å²) >= 11 is 3.80. The van der Waals surface area contributed by atoms with Crippen LogP contribution >= 0.6 is 15.9 Å². The SMILES string of the molecule is Cc1cccnc1CC(Br)C1CCOC1C. The van der Waals surface area contributed by atoms with Crippen LogP contribution in [-0.2, 0) is 11.2 Å². The molecule has 1 fully saturated rings. The van der Waals surface area contributed by atoms with E-state index >= 15 is 0 Å². The standard InChI is InChI=1S/C13H18BrNO/c1-9-4-3-6-15-13(9)8-12(14)11-5-7-16-10(11)2/h3-4,6,10-12H,5,7-8H2,1-2H3. The first kappa shape index (κ1) is 12.1. The molecule has 3 heteroatoms. The van der Waals surface area contributed by atoms with Gasteiger partial charge in [0, 0.05) is 29.7 Å². The van der Waals surface area contributed by atoms with E-state index in [2.05, 4.69) is 40.8 Å². The van der Waals surface area contributed by atoms with Crippen molar-refractivity contribution >= 4 is 15.9 Å². The van der Waals surface area contributed by atoms with Crippen molar-refractivity contribution in [2.45, 2.75) is 37.6 Å². The summed E-state index contributed by atoms with van der Waals surface area (Å²) in [6, 6.07) is 4.11. The monoisotopic (exact) mass is 283 g/mol. The van der Waals surface area contributed by atoms with Crippen LogP contribution in [-0.4, -0.2) is 22.5 Å². The Morgan fingerprint density at radius 3 is 3.06 bits per heavy atom. The number of aryl methyl sites for hydroxylation is 1. The Bertz CT molecular complexity index is 356. The molecule has 0 aliphatic carbocycles. The Hall–Kier alpha value is -0.410. The minimum atomic E-state index is 0.369. The summed E-state index contributed by atoms with van der Waals surface area (Å²) < 4.78 is 5.60. The molecule has 1 saturated heterocycles. The molecular weight excluding hydrogens is 266 g/mol. The highest BCUT2D eigenvalue weighted by molar-refractivity contribution is 9.09. The quantitative estimate of drug-likeness (QED) is 0.796. The van der Waals surface area contributed by atoms with E-state index in [1.54, 1.807) is 0 Å². The number of nitrogens with zero attached hydrogens (tertiary/aromatic N) is 1. The van der Waals surface area contributed by atoms with Crippen LogP contribution in [0.4, 0.5) is 0 Å². The lowest BCUT2D eigenvalue weighted by Gasteiger charge is -2.20. The fourth-order valence-electron chi connectivity index (χ4n) is 2.29. The fraction of sp³-hybridized carbons (Fsp3) is 0.615. The van der Waals surface area contributed by atoms with E-state index in [4.69, 9.17) is 4.74 Å². The van der Waals surface area contributed by atoms with Gasteiger partial charge in [0.05, 0.1) is 6.10 Å². The molecule has 3 unspecified atom stereocenters. The molecule has 88 valence electrons. The molecule has 16 heavy (non-hydrogen) atoms. The van der Waals surface area contributed by atoms with Crippen LogP contribution in [0.3, 0.4) is 0 Å². The van der Waals surface area contributed by atoms with Gasteiger partial charge in [0.15, 0.2) is 0 Å². The first-order chi connectivity index (χ1) is 7.68. The number of ether oxygens (including phenoxy) is 1. The van der Waals surface area contributed by atoms with Crippen LogP contribution in [0.5, 0.6) is 0 Å². The number of aromatic nitrogens is 1. The van der Waals surface area contributed by atoms with Crippen molar-refractivity contribution in [2.75, 3.05) is 6.61 Å². The van der Waals surface area contributed by atoms with Crippen LogP contribution < -0.4 is 0 Å². The second kappa shape index (κ2) is 5.28. The first-order valence-corrected chi connectivity index (χ1v) is 6.76. The molecule has 0 saturated carbocycles. The van der Waals surface area contributed by atoms with Gasteiger partial charge >= 0.3 is 0 Å². The Morgan fingerprint density at radius 1 is 1.62 bits per heavy atom. The molecule has 0 amide bonds. The van der Waals surface area contributed by atoms with Crippen LogP contribution in [0.1, 0.15) is 24.6 Å². The Kier molecular flexibility index (Phi) is 3.98. The third-order valence-electron chi connectivity index (χ3n) is 3.41. The third kappa shape index (κ3) is 2.64. The van der Waals surface area contributed by atoms with E-state index in [1.807, 2.05) is 12.3 Å². The number of rotatable bonds is 3. The average molecular weight is 284 g/mol. The molecule has 2 nitrogen and oxygen atoms in total. The lowest BCUT2D eigenvalue weighted by atomic mass is 9.95. The van der Waals surface area contributed by atoms with Gasteiger partial charge in [0.1, 0.15) is 0 Å². The number of hydrogen-bond acceptors (Lipinski definition) is 2. The van der Waals surface area contributed by atoms with Crippen LogP contribution in [0.2, 0.25) is 0 Å². The van der Waals surface area contributed by atoms with Crippen molar-refractivity contribution in [1.82, 2.24) is 4.98 Å². The predicted molar refractivity (Wildman–Crippen MR) is 68.9 cm³/mol. The maximum Gasteiger partial charge on any atom is 0.0586 e. The lowest BCUT2D eigenvalue weighted by Crippen LogP contribution is -2.24. The Balaban J connectivity index is 2.02. The summed E-state index contributed by atoms with van der Waals surface area (Å²) in [6.45, 7) is 5.18. The molecule has 0 bridgehead atoms. The topological polar surface area (TPSA) is 22.1 Å². The summed E-state index contributed by atoms with van der Waals surface area (Å²) in [4.78, 5) is 4.91. The maximum absolute atomic E-state index is 5.60. The summed E-state index contributed by atoms with van der Waals surface area (Å²) in [5, 5.41) is 0. The average Bonchev–Trinajstić information content (AvgIpc) is 2.68. The molecular formula is C13H18BrNO. The number of alkyl halides is 1.